The van der Waals surface area contributed by atoms with Crippen molar-refractivity contribution in [2.24, 2.45) is 12.8 Å². The molecular formula is C10H14N4O4. The highest BCUT2D eigenvalue weighted by atomic mass is 16.4. The van der Waals surface area contributed by atoms with Crippen LogP contribution in [0.25, 0.3) is 0 Å². The molecule has 4 N–H and O–H groups in total. The first-order chi connectivity index (χ1) is 8.32. The zero-order chi connectivity index (χ0) is 13.9. The van der Waals surface area contributed by atoms with Gasteiger partial charge in [0.25, 0.3) is 5.91 Å². The molecule has 0 aromatic carbocycles. The molecule has 98 valence electrons. The zero-order valence-corrected chi connectivity index (χ0v) is 10.0. The zero-order valence-electron chi connectivity index (χ0n) is 10.0. The fourth-order valence-electron chi connectivity index (χ4n) is 1.36. The molecule has 0 aliphatic heterocycles. The molecule has 0 spiro atoms. The number of aromatic nitrogens is 2. The Morgan fingerprint density at radius 3 is 2.56 bits per heavy atom. The lowest BCUT2D eigenvalue weighted by molar-refractivity contribution is -0.140. The van der Waals surface area contributed by atoms with E-state index < -0.39 is 30.2 Å². The van der Waals surface area contributed by atoms with E-state index in [2.05, 4.69) is 10.4 Å². The maximum absolute atomic E-state index is 11.8. The molecule has 0 radical (unpaired) electrons. The average Bonchev–Trinajstić information content (AvgIpc) is 2.58. The summed E-state index contributed by atoms with van der Waals surface area (Å²) in [5, 5.41) is 14.9. The number of nitrogens with zero attached hydrogens (tertiary/aromatic N) is 2. The Labute approximate surface area is 103 Å². The third kappa shape index (κ3) is 3.06. The topological polar surface area (TPSA) is 127 Å². The number of hydrogen-bond donors (Lipinski definition) is 3. The summed E-state index contributed by atoms with van der Waals surface area (Å²) in [6, 6.07) is -1.34. The highest BCUT2D eigenvalue weighted by Gasteiger charge is 2.24. The smallest absolute Gasteiger partial charge is 0.326 e. The fraction of sp³-hybridized carbons (Fsp3) is 0.400. The molecule has 0 saturated heterocycles. The molecule has 8 heteroatoms. The van der Waals surface area contributed by atoms with E-state index in [1.165, 1.54) is 10.9 Å². The van der Waals surface area contributed by atoms with Crippen LogP contribution in [-0.4, -0.2) is 38.7 Å². The van der Waals surface area contributed by atoms with Gasteiger partial charge in [0.2, 0.25) is 5.91 Å². The average molecular weight is 254 g/mol. The molecule has 0 aliphatic rings. The van der Waals surface area contributed by atoms with Crippen molar-refractivity contribution in [1.29, 1.82) is 0 Å². The normalized spacial score (nSPS) is 11.9. The largest absolute Gasteiger partial charge is 0.480 e. The van der Waals surface area contributed by atoms with Gasteiger partial charge in [-0.25, -0.2) is 4.79 Å². The van der Waals surface area contributed by atoms with Gasteiger partial charge >= 0.3 is 5.97 Å². The molecule has 1 heterocycles. The van der Waals surface area contributed by atoms with Gasteiger partial charge in [-0.3, -0.25) is 14.3 Å². The summed E-state index contributed by atoms with van der Waals surface area (Å²) in [5.41, 5.74) is 5.76. The number of amides is 2. The number of nitrogens with two attached hydrogens (primary N) is 1. The second-order valence-electron chi connectivity index (χ2n) is 3.80. The van der Waals surface area contributed by atoms with Crippen LogP contribution in [0.1, 0.15) is 22.5 Å². The summed E-state index contributed by atoms with van der Waals surface area (Å²) in [6.07, 6.45) is 0.869. The Morgan fingerprint density at radius 1 is 1.56 bits per heavy atom. The van der Waals surface area contributed by atoms with E-state index >= 15 is 0 Å². The van der Waals surface area contributed by atoms with E-state index in [9.17, 15) is 14.4 Å². The van der Waals surface area contributed by atoms with Crippen molar-refractivity contribution in [1.82, 2.24) is 15.1 Å². The maximum atomic E-state index is 11.8. The number of rotatable bonds is 5. The number of aryl methyl sites for hydroxylation is 1. The lowest BCUT2D eigenvalue weighted by Gasteiger charge is -2.12. The van der Waals surface area contributed by atoms with Gasteiger partial charge < -0.3 is 16.2 Å². The summed E-state index contributed by atoms with van der Waals surface area (Å²) in [7, 11) is 1.66. The number of hydrogen-bond acceptors (Lipinski definition) is 4. The Balaban J connectivity index is 2.82. The number of carboxylic acid groups (broad SMARTS) is 1. The first kappa shape index (κ1) is 13.7. The molecule has 2 amide bonds. The highest BCUT2D eigenvalue weighted by molar-refractivity contribution is 5.98. The third-order valence-electron chi connectivity index (χ3n) is 2.49. The Morgan fingerprint density at radius 2 is 2.17 bits per heavy atom. The van der Waals surface area contributed by atoms with Gasteiger partial charge in [-0.15, -0.1) is 0 Å². The van der Waals surface area contributed by atoms with Gasteiger partial charge in [0, 0.05) is 12.7 Å². The van der Waals surface area contributed by atoms with Crippen molar-refractivity contribution in [3.05, 3.63) is 17.5 Å². The first-order valence-electron chi connectivity index (χ1n) is 5.13. The summed E-state index contributed by atoms with van der Waals surface area (Å²) < 4.78 is 1.48. The minimum Gasteiger partial charge on any atom is -0.480 e. The van der Waals surface area contributed by atoms with Crippen LogP contribution in [0, 0.1) is 6.92 Å². The molecule has 1 aromatic heterocycles. The van der Waals surface area contributed by atoms with Crippen molar-refractivity contribution in [3.8, 4) is 0 Å². The van der Waals surface area contributed by atoms with Crippen LogP contribution in [0.15, 0.2) is 6.20 Å². The lowest BCUT2D eigenvalue weighted by atomic mass is 10.1. The van der Waals surface area contributed by atoms with Gasteiger partial charge in [0.05, 0.1) is 18.2 Å². The predicted octanol–water partition coefficient (Wildman–Crippen LogP) is -1.21. The van der Waals surface area contributed by atoms with Crippen LogP contribution < -0.4 is 11.1 Å². The van der Waals surface area contributed by atoms with Crippen molar-refractivity contribution in [2.75, 3.05) is 0 Å². The Bertz CT molecular complexity index is 494. The molecule has 0 aliphatic carbocycles. The van der Waals surface area contributed by atoms with Crippen molar-refractivity contribution in [2.45, 2.75) is 19.4 Å². The number of carboxylic acids is 1. The van der Waals surface area contributed by atoms with Gasteiger partial charge in [-0.1, -0.05) is 0 Å². The molecule has 1 aromatic rings. The van der Waals surface area contributed by atoms with Crippen LogP contribution >= 0.6 is 0 Å². The van der Waals surface area contributed by atoms with Crippen LogP contribution in [-0.2, 0) is 16.6 Å². The molecular weight excluding hydrogens is 240 g/mol. The highest BCUT2D eigenvalue weighted by Crippen LogP contribution is 2.06. The molecule has 1 atom stereocenters. The lowest BCUT2D eigenvalue weighted by Crippen LogP contribution is -2.43. The number of carbonyl (C=O) groups is 3. The predicted molar refractivity (Wildman–Crippen MR) is 60.6 cm³/mol. The number of aliphatic carboxylic acids is 1. The number of carbonyl (C=O) groups excluding carboxylic acids is 2. The monoisotopic (exact) mass is 254 g/mol. The molecule has 1 rings (SSSR count). The Kier molecular flexibility index (Phi) is 4.03. The molecule has 0 unspecified atom stereocenters. The standard InChI is InChI=1S/C10H14N4O4/c1-5-6(4-12-14(5)2)9(16)13-7(10(17)18)3-8(11)15/h4,7H,3H2,1-2H3,(H2,11,15)(H,13,16)(H,17,18)/t7-/m0/s1. The third-order valence-corrected chi connectivity index (χ3v) is 2.49. The number of primary amides is 1. The van der Waals surface area contributed by atoms with E-state index in [1.807, 2.05) is 0 Å². The fourth-order valence-corrected chi connectivity index (χ4v) is 1.36. The van der Waals surface area contributed by atoms with Crippen LogP contribution in [0.3, 0.4) is 0 Å². The maximum Gasteiger partial charge on any atom is 0.326 e. The van der Waals surface area contributed by atoms with E-state index in [1.54, 1.807) is 14.0 Å². The summed E-state index contributed by atoms with van der Waals surface area (Å²) in [6.45, 7) is 1.67. The van der Waals surface area contributed by atoms with E-state index in [0.29, 0.717) is 5.69 Å². The minimum atomic E-state index is -1.34. The van der Waals surface area contributed by atoms with Crippen molar-refractivity contribution in [3.63, 3.8) is 0 Å². The minimum absolute atomic E-state index is 0.258. The second kappa shape index (κ2) is 5.30. The van der Waals surface area contributed by atoms with Crippen LogP contribution in [0.5, 0.6) is 0 Å². The van der Waals surface area contributed by atoms with E-state index in [-0.39, 0.29) is 5.56 Å². The van der Waals surface area contributed by atoms with E-state index in [4.69, 9.17) is 10.8 Å². The second-order valence-corrected chi connectivity index (χ2v) is 3.80. The number of nitrogens with one attached hydrogen (secondary N) is 1. The van der Waals surface area contributed by atoms with Crippen molar-refractivity contribution >= 4 is 17.8 Å². The molecule has 0 saturated carbocycles. The molecule has 0 fully saturated rings. The van der Waals surface area contributed by atoms with E-state index in [0.717, 1.165) is 0 Å². The summed E-state index contributed by atoms with van der Waals surface area (Å²) in [4.78, 5) is 33.3. The quantitative estimate of drug-likeness (QED) is 0.607. The molecule has 18 heavy (non-hydrogen) atoms. The molecule has 8 nitrogen and oxygen atoms in total. The Hall–Kier alpha value is -2.38. The summed E-state index contributed by atoms with van der Waals surface area (Å²) >= 11 is 0. The SMILES string of the molecule is Cc1c(C(=O)N[C@@H](CC(N)=O)C(=O)O)cnn1C. The van der Waals surface area contributed by atoms with Crippen LogP contribution in [0.4, 0.5) is 0 Å². The van der Waals surface area contributed by atoms with Crippen LogP contribution in [0.2, 0.25) is 0 Å². The van der Waals surface area contributed by atoms with Gasteiger partial charge in [-0.05, 0) is 6.92 Å². The van der Waals surface area contributed by atoms with Gasteiger partial charge in [0.15, 0.2) is 0 Å². The van der Waals surface area contributed by atoms with Crippen molar-refractivity contribution < 1.29 is 19.5 Å². The van der Waals surface area contributed by atoms with Gasteiger partial charge in [0.1, 0.15) is 6.04 Å². The molecule has 0 bridgehead atoms. The first-order valence-corrected chi connectivity index (χ1v) is 5.13. The summed E-state index contributed by atoms with van der Waals surface area (Å²) in [5.74, 6) is -2.72. The van der Waals surface area contributed by atoms with Gasteiger partial charge in [-0.2, -0.15) is 5.10 Å².